The van der Waals surface area contributed by atoms with Crippen molar-refractivity contribution >= 4 is 54.4 Å². The molecule has 10 nitrogen and oxygen atoms in total. The van der Waals surface area contributed by atoms with Crippen LogP contribution in [0, 0.1) is 0 Å². The van der Waals surface area contributed by atoms with Crippen molar-refractivity contribution in [2.75, 3.05) is 20.0 Å². The minimum absolute atomic E-state index is 0.0196. The standard InChI is InChI=1S/C16H16N2O8S2/c1-9(19)28(23,24)8-13(20)17-16-18(7-14(21)25-2)11-5-4-10(15(22)26-3)6-12(11)27-16/h4-6H,7-8H2,1-3H3. The fourth-order valence-corrected chi connectivity index (χ4v) is 3.83. The van der Waals surface area contributed by atoms with Gasteiger partial charge in [-0.15, -0.1) is 0 Å². The lowest BCUT2D eigenvalue weighted by Crippen LogP contribution is -2.25. The van der Waals surface area contributed by atoms with Crippen LogP contribution < -0.4 is 4.80 Å². The van der Waals surface area contributed by atoms with Crippen molar-refractivity contribution in [3.63, 3.8) is 0 Å². The number of thiazole rings is 1. The Kier molecular flexibility index (Phi) is 6.46. The topological polar surface area (TPSA) is 138 Å². The third kappa shape index (κ3) is 4.70. The van der Waals surface area contributed by atoms with Gasteiger partial charge in [-0.05, 0) is 18.2 Å². The molecule has 0 N–H and O–H groups in total. The molecule has 0 aliphatic heterocycles. The Morgan fingerprint density at radius 1 is 1.14 bits per heavy atom. The van der Waals surface area contributed by atoms with Crippen molar-refractivity contribution in [3.05, 3.63) is 28.6 Å². The van der Waals surface area contributed by atoms with E-state index in [2.05, 4.69) is 14.5 Å². The van der Waals surface area contributed by atoms with E-state index >= 15 is 0 Å². The molecule has 1 amide bonds. The summed E-state index contributed by atoms with van der Waals surface area (Å²) in [5.41, 5.74) is 0.725. The minimum Gasteiger partial charge on any atom is -0.468 e. The van der Waals surface area contributed by atoms with Gasteiger partial charge in [0.1, 0.15) is 12.3 Å². The number of ether oxygens (including phenoxy) is 2. The van der Waals surface area contributed by atoms with Crippen LogP contribution >= 0.6 is 11.3 Å². The molecule has 0 atom stereocenters. The van der Waals surface area contributed by atoms with Gasteiger partial charge in [0.2, 0.25) is 15.0 Å². The summed E-state index contributed by atoms with van der Waals surface area (Å²) in [6.45, 7) is 0.549. The first-order chi connectivity index (χ1) is 13.1. The number of hydrogen-bond donors (Lipinski definition) is 0. The lowest BCUT2D eigenvalue weighted by molar-refractivity contribution is -0.141. The summed E-state index contributed by atoms with van der Waals surface area (Å²) in [6, 6.07) is 4.51. The Balaban J connectivity index is 2.60. The summed E-state index contributed by atoms with van der Waals surface area (Å²) in [5, 5.41) is -1.14. The van der Waals surface area contributed by atoms with E-state index in [1.165, 1.54) is 37.0 Å². The van der Waals surface area contributed by atoms with Gasteiger partial charge in [0, 0.05) is 6.92 Å². The number of nitrogens with zero attached hydrogens (tertiary/aromatic N) is 2. The molecular formula is C16H16N2O8S2. The Morgan fingerprint density at radius 2 is 1.82 bits per heavy atom. The molecule has 150 valence electrons. The Hall–Kier alpha value is -2.86. The van der Waals surface area contributed by atoms with Crippen LogP contribution in [-0.4, -0.2) is 55.9 Å². The summed E-state index contributed by atoms with van der Waals surface area (Å²) in [7, 11) is -1.83. The molecule has 0 radical (unpaired) electrons. The molecule has 0 aliphatic rings. The van der Waals surface area contributed by atoms with Gasteiger partial charge < -0.3 is 14.0 Å². The predicted octanol–water partition coefficient (Wildman–Crippen LogP) is 0.0510. The summed E-state index contributed by atoms with van der Waals surface area (Å²) >= 11 is 0.961. The zero-order valence-corrected chi connectivity index (χ0v) is 16.8. The Morgan fingerprint density at radius 3 is 2.39 bits per heavy atom. The average Bonchev–Trinajstić information content (AvgIpc) is 2.96. The SMILES string of the molecule is COC(=O)Cn1c(=NC(=O)CS(=O)(=O)C(C)=O)sc2cc(C(=O)OC)ccc21. The van der Waals surface area contributed by atoms with Gasteiger partial charge in [-0.25, -0.2) is 13.2 Å². The minimum atomic E-state index is -4.25. The van der Waals surface area contributed by atoms with E-state index in [1.54, 1.807) is 0 Å². The van der Waals surface area contributed by atoms with E-state index in [0.29, 0.717) is 10.2 Å². The van der Waals surface area contributed by atoms with Crippen molar-refractivity contribution in [2.45, 2.75) is 13.5 Å². The van der Waals surface area contributed by atoms with Gasteiger partial charge in [0.15, 0.2) is 4.80 Å². The highest BCUT2D eigenvalue weighted by atomic mass is 32.2. The second-order valence-electron chi connectivity index (χ2n) is 5.48. The molecule has 1 aromatic heterocycles. The normalized spacial score (nSPS) is 12.0. The highest BCUT2D eigenvalue weighted by molar-refractivity contribution is 8.06. The first kappa shape index (κ1) is 21.4. The number of esters is 2. The molecule has 12 heteroatoms. The highest BCUT2D eigenvalue weighted by Gasteiger charge is 2.22. The second kappa shape index (κ2) is 8.44. The smallest absolute Gasteiger partial charge is 0.337 e. The van der Waals surface area contributed by atoms with Crippen molar-refractivity contribution < 1.29 is 37.1 Å². The fourth-order valence-electron chi connectivity index (χ4n) is 2.15. The van der Waals surface area contributed by atoms with Gasteiger partial charge >= 0.3 is 11.9 Å². The van der Waals surface area contributed by atoms with E-state index in [4.69, 9.17) is 0 Å². The molecule has 1 heterocycles. The number of fused-ring (bicyclic) bond motifs is 1. The molecule has 0 spiro atoms. The third-order valence-corrected chi connectivity index (χ3v) is 6.13. The average molecular weight is 428 g/mol. The molecule has 0 unspecified atom stereocenters. The van der Waals surface area contributed by atoms with Crippen LogP contribution in [0.5, 0.6) is 0 Å². The monoisotopic (exact) mass is 428 g/mol. The number of carbonyl (C=O) groups excluding carboxylic acids is 4. The fraction of sp³-hybridized carbons (Fsp3) is 0.312. The molecule has 2 rings (SSSR count). The van der Waals surface area contributed by atoms with Crippen molar-refractivity contribution in [3.8, 4) is 0 Å². The Bertz CT molecular complexity index is 1140. The van der Waals surface area contributed by atoms with Crippen LogP contribution in [0.1, 0.15) is 17.3 Å². The number of aromatic nitrogens is 1. The van der Waals surface area contributed by atoms with Gasteiger partial charge in [-0.3, -0.25) is 14.4 Å². The van der Waals surface area contributed by atoms with Crippen molar-refractivity contribution in [2.24, 2.45) is 4.99 Å². The van der Waals surface area contributed by atoms with E-state index in [9.17, 15) is 27.6 Å². The first-order valence-corrected chi connectivity index (χ1v) is 10.2. The van der Waals surface area contributed by atoms with Crippen LogP contribution in [0.3, 0.4) is 0 Å². The van der Waals surface area contributed by atoms with Gasteiger partial charge in [-0.2, -0.15) is 4.99 Å². The molecule has 0 saturated heterocycles. The van der Waals surface area contributed by atoms with Crippen LogP contribution in [-0.2, 0) is 40.2 Å². The number of carbonyl (C=O) groups is 4. The molecule has 28 heavy (non-hydrogen) atoms. The Labute approximate surface area is 163 Å². The van der Waals surface area contributed by atoms with Crippen LogP contribution in [0.2, 0.25) is 0 Å². The number of sulfone groups is 1. The maximum atomic E-state index is 12.0. The number of benzene rings is 1. The number of methoxy groups -OCH3 is 2. The largest absolute Gasteiger partial charge is 0.468 e. The van der Waals surface area contributed by atoms with Gasteiger partial charge in [0.05, 0.1) is 30.0 Å². The first-order valence-electron chi connectivity index (χ1n) is 7.68. The molecule has 0 fully saturated rings. The van der Waals surface area contributed by atoms with Crippen LogP contribution in [0.15, 0.2) is 23.2 Å². The molecule has 0 bridgehead atoms. The van der Waals surface area contributed by atoms with Gasteiger partial charge in [-0.1, -0.05) is 11.3 Å². The summed E-state index contributed by atoms with van der Waals surface area (Å²) in [4.78, 5) is 50.3. The quantitative estimate of drug-likeness (QED) is 0.609. The summed E-state index contributed by atoms with van der Waals surface area (Å²) in [5.74, 6) is -3.34. The highest BCUT2D eigenvalue weighted by Crippen LogP contribution is 2.20. The van der Waals surface area contributed by atoms with E-state index < -0.39 is 38.6 Å². The van der Waals surface area contributed by atoms with Crippen LogP contribution in [0.25, 0.3) is 10.2 Å². The predicted molar refractivity (Wildman–Crippen MR) is 98.2 cm³/mol. The zero-order valence-electron chi connectivity index (χ0n) is 15.1. The third-order valence-electron chi connectivity index (χ3n) is 3.59. The summed E-state index contributed by atoms with van der Waals surface area (Å²) in [6.07, 6.45) is 0. The van der Waals surface area contributed by atoms with E-state index in [-0.39, 0.29) is 16.9 Å². The molecule has 1 aromatic carbocycles. The van der Waals surface area contributed by atoms with Crippen molar-refractivity contribution in [1.82, 2.24) is 4.57 Å². The lowest BCUT2D eigenvalue weighted by atomic mass is 10.2. The zero-order chi connectivity index (χ0) is 21.1. The second-order valence-corrected chi connectivity index (χ2v) is 8.58. The number of hydrogen-bond acceptors (Lipinski definition) is 9. The van der Waals surface area contributed by atoms with Gasteiger partial charge in [0.25, 0.3) is 5.91 Å². The number of rotatable bonds is 5. The van der Waals surface area contributed by atoms with Crippen molar-refractivity contribution in [1.29, 1.82) is 0 Å². The van der Waals surface area contributed by atoms with E-state index in [0.717, 1.165) is 18.3 Å². The number of amides is 1. The maximum absolute atomic E-state index is 12.0. The molecule has 0 aliphatic carbocycles. The molecular weight excluding hydrogens is 412 g/mol. The molecule has 0 saturated carbocycles. The maximum Gasteiger partial charge on any atom is 0.337 e. The summed E-state index contributed by atoms with van der Waals surface area (Å²) < 4.78 is 34.4. The van der Waals surface area contributed by atoms with E-state index in [1.807, 2.05) is 0 Å². The van der Waals surface area contributed by atoms with Crippen LogP contribution in [0.4, 0.5) is 0 Å². The lowest BCUT2D eigenvalue weighted by Gasteiger charge is -2.04. The molecule has 2 aromatic rings.